The van der Waals surface area contributed by atoms with Gasteiger partial charge < -0.3 is 10.1 Å². The number of carbonyl (C=O) groups is 1. The molecule has 94 valence electrons. The lowest BCUT2D eigenvalue weighted by atomic mass is 10.00. The molecule has 0 bridgehead atoms. The first-order valence-electron chi connectivity index (χ1n) is 6.16. The van der Waals surface area contributed by atoms with Crippen molar-refractivity contribution in [2.45, 2.75) is 33.1 Å². The van der Waals surface area contributed by atoms with Gasteiger partial charge in [-0.15, -0.1) is 0 Å². The Balaban J connectivity index is 2.59. The Labute approximate surface area is 103 Å². The number of ether oxygens (including phenoxy) is 1. The van der Waals surface area contributed by atoms with Crippen molar-refractivity contribution >= 4 is 11.6 Å². The van der Waals surface area contributed by atoms with Crippen LogP contribution in [0.3, 0.4) is 0 Å². The van der Waals surface area contributed by atoms with Crippen molar-refractivity contribution < 1.29 is 9.53 Å². The molecule has 17 heavy (non-hydrogen) atoms. The van der Waals surface area contributed by atoms with Crippen LogP contribution in [0, 0.1) is 5.92 Å². The maximum atomic E-state index is 11.9. The van der Waals surface area contributed by atoms with E-state index in [1.807, 2.05) is 31.2 Å². The van der Waals surface area contributed by atoms with Gasteiger partial charge in [-0.2, -0.15) is 0 Å². The molecule has 1 aromatic carbocycles. The van der Waals surface area contributed by atoms with E-state index in [0.29, 0.717) is 0 Å². The Morgan fingerprint density at radius 1 is 1.29 bits per heavy atom. The molecule has 3 heteroatoms. The van der Waals surface area contributed by atoms with E-state index in [2.05, 4.69) is 12.2 Å². The molecule has 1 rings (SSSR count). The molecule has 1 N–H and O–H groups in total. The molecule has 0 heterocycles. The van der Waals surface area contributed by atoms with Crippen LogP contribution in [0.2, 0.25) is 0 Å². The van der Waals surface area contributed by atoms with Gasteiger partial charge in [0.25, 0.3) is 0 Å². The average Bonchev–Trinajstić information content (AvgIpc) is 2.36. The molecule has 0 aromatic heterocycles. The Morgan fingerprint density at radius 3 is 2.41 bits per heavy atom. The van der Waals surface area contributed by atoms with Crippen LogP contribution in [0.15, 0.2) is 24.3 Å². The first kappa shape index (κ1) is 13.6. The predicted molar refractivity (Wildman–Crippen MR) is 70.3 cm³/mol. The largest absolute Gasteiger partial charge is 0.497 e. The quantitative estimate of drug-likeness (QED) is 0.820. The highest BCUT2D eigenvalue weighted by atomic mass is 16.5. The number of methoxy groups -OCH3 is 1. The van der Waals surface area contributed by atoms with Crippen LogP contribution in [0.1, 0.15) is 33.1 Å². The summed E-state index contributed by atoms with van der Waals surface area (Å²) < 4.78 is 5.07. The molecule has 0 saturated carbocycles. The highest BCUT2D eigenvalue weighted by Crippen LogP contribution is 2.18. The summed E-state index contributed by atoms with van der Waals surface area (Å²) in [7, 11) is 1.63. The monoisotopic (exact) mass is 235 g/mol. The summed E-state index contributed by atoms with van der Waals surface area (Å²) in [5.74, 6) is 1.02. The van der Waals surface area contributed by atoms with Gasteiger partial charge in [-0.1, -0.05) is 20.3 Å². The number of anilines is 1. The summed E-state index contributed by atoms with van der Waals surface area (Å²) in [6, 6.07) is 7.40. The molecule has 0 aliphatic rings. The topological polar surface area (TPSA) is 38.3 Å². The smallest absolute Gasteiger partial charge is 0.227 e. The third-order valence-corrected chi connectivity index (χ3v) is 2.86. The van der Waals surface area contributed by atoms with E-state index >= 15 is 0 Å². The van der Waals surface area contributed by atoms with Crippen LogP contribution >= 0.6 is 0 Å². The number of nitrogens with one attached hydrogen (secondary N) is 1. The van der Waals surface area contributed by atoms with Crippen molar-refractivity contribution in [2.75, 3.05) is 12.4 Å². The molecular weight excluding hydrogens is 214 g/mol. The molecule has 0 radical (unpaired) electrons. The number of hydrogen-bond acceptors (Lipinski definition) is 2. The van der Waals surface area contributed by atoms with E-state index in [1.54, 1.807) is 7.11 Å². The minimum absolute atomic E-state index is 0.111. The molecule has 0 saturated heterocycles. The minimum Gasteiger partial charge on any atom is -0.497 e. The zero-order valence-corrected chi connectivity index (χ0v) is 10.8. The van der Waals surface area contributed by atoms with E-state index in [-0.39, 0.29) is 11.8 Å². The van der Waals surface area contributed by atoms with E-state index < -0.39 is 0 Å². The van der Waals surface area contributed by atoms with Crippen LogP contribution in [0.4, 0.5) is 5.69 Å². The second kappa shape index (κ2) is 6.94. The lowest BCUT2D eigenvalue weighted by Gasteiger charge is -2.14. The molecular formula is C14H21NO2. The summed E-state index contributed by atoms with van der Waals surface area (Å²) >= 11 is 0. The normalized spacial score (nSPS) is 11.9. The fraction of sp³-hybridized carbons (Fsp3) is 0.500. The van der Waals surface area contributed by atoms with Crippen molar-refractivity contribution in [1.29, 1.82) is 0 Å². The van der Waals surface area contributed by atoms with Gasteiger partial charge in [-0.25, -0.2) is 0 Å². The van der Waals surface area contributed by atoms with Gasteiger partial charge in [0.05, 0.1) is 7.11 Å². The molecule has 0 aliphatic carbocycles. The number of benzene rings is 1. The van der Waals surface area contributed by atoms with E-state index in [0.717, 1.165) is 30.7 Å². The average molecular weight is 235 g/mol. The zero-order valence-electron chi connectivity index (χ0n) is 10.8. The standard InChI is InChI=1S/C14H21NO2/c1-4-6-11(5-2)14(16)15-12-7-9-13(17-3)10-8-12/h7-11H,4-6H2,1-3H3,(H,15,16). The summed E-state index contributed by atoms with van der Waals surface area (Å²) in [6.07, 6.45) is 2.86. The third kappa shape index (κ3) is 4.10. The van der Waals surface area contributed by atoms with Gasteiger partial charge in [0.2, 0.25) is 5.91 Å². The molecule has 0 aliphatic heterocycles. The Hall–Kier alpha value is -1.51. The van der Waals surface area contributed by atoms with Gasteiger partial charge in [-0.05, 0) is 37.1 Å². The highest BCUT2D eigenvalue weighted by molar-refractivity contribution is 5.92. The molecule has 0 spiro atoms. The summed E-state index contributed by atoms with van der Waals surface area (Å²) in [5, 5.41) is 2.93. The van der Waals surface area contributed by atoms with Gasteiger partial charge >= 0.3 is 0 Å². The van der Waals surface area contributed by atoms with Crippen LogP contribution in [0.5, 0.6) is 5.75 Å². The van der Waals surface area contributed by atoms with Gasteiger partial charge in [0.1, 0.15) is 5.75 Å². The van der Waals surface area contributed by atoms with Crippen molar-refractivity contribution in [3.63, 3.8) is 0 Å². The zero-order chi connectivity index (χ0) is 12.7. The molecule has 1 amide bonds. The predicted octanol–water partition coefficient (Wildman–Crippen LogP) is 3.46. The molecule has 1 atom stereocenters. The SMILES string of the molecule is CCCC(CC)C(=O)Nc1ccc(OC)cc1. The highest BCUT2D eigenvalue weighted by Gasteiger charge is 2.15. The molecule has 1 aromatic rings. The van der Waals surface area contributed by atoms with Crippen LogP contribution in [0.25, 0.3) is 0 Å². The Bertz CT molecular complexity index is 346. The summed E-state index contributed by atoms with van der Waals surface area (Å²) in [6.45, 7) is 4.15. The van der Waals surface area contributed by atoms with Gasteiger partial charge in [-0.3, -0.25) is 4.79 Å². The molecule has 3 nitrogen and oxygen atoms in total. The summed E-state index contributed by atoms with van der Waals surface area (Å²) in [5.41, 5.74) is 0.824. The lowest BCUT2D eigenvalue weighted by Crippen LogP contribution is -2.22. The Kier molecular flexibility index (Phi) is 5.53. The maximum absolute atomic E-state index is 11.9. The third-order valence-electron chi connectivity index (χ3n) is 2.86. The van der Waals surface area contributed by atoms with E-state index in [4.69, 9.17) is 4.74 Å². The minimum atomic E-state index is 0.111. The second-order valence-electron chi connectivity index (χ2n) is 4.11. The first-order chi connectivity index (χ1) is 8.21. The fourth-order valence-electron chi connectivity index (χ4n) is 1.79. The van der Waals surface area contributed by atoms with Crippen molar-refractivity contribution in [1.82, 2.24) is 0 Å². The fourth-order valence-corrected chi connectivity index (χ4v) is 1.79. The number of amides is 1. The van der Waals surface area contributed by atoms with Crippen molar-refractivity contribution in [2.24, 2.45) is 5.92 Å². The molecule has 1 unspecified atom stereocenters. The molecule has 0 fully saturated rings. The van der Waals surface area contributed by atoms with Gasteiger partial charge in [0.15, 0.2) is 0 Å². The van der Waals surface area contributed by atoms with Crippen LogP contribution in [-0.2, 0) is 4.79 Å². The van der Waals surface area contributed by atoms with Crippen LogP contribution < -0.4 is 10.1 Å². The Morgan fingerprint density at radius 2 is 1.94 bits per heavy atom. The maximum Gasteiger partial charge on any atom is 0.227 e. The van der Waals surface area contributed by atoms with Crippen molar-refractivity contribution in [3.8, 4) is 5.75 Å². The number of carbonyl (C=O) groups excluding carboxylic acids is 1. The number of rotatable bonds is 6. The summed E-state index contributed by atoms with van der Waals surface area (Å²) in [4.78, 5) is 11.9. The van der Waals surface area contributed by atoms with E-state index in [9.17, 15) is 4.79 Å². The van der Waals surface area contributed by atoms with Crippen LogP contribution in [-0.4, -0.2) is 13.0 Å². The number of hydrogen-bond donors (Lipinski definition) is 1. The van der Waals surface area contributed by atoms with Gasteiger partial charge in [0, 0.05) is 11.6 Å². The van der Waals surface area contributed by atoms with Crippen molar-refractivity contribution in [3.05, 3.63) is 24.3 Å². The second-order valence-corrected chi connectivity index (χ2v) is 4.11. The lowest BCUT2D eigenvalue weighted by molar-refractivity contribution is -0.120. The first-order valence-corrected chi connectivity index (χ1v) is 6.16. The van der Waals surface area contributed by atoms with E-state index in [1.165, 1.54) is 0 Å².